The summed E-state index contributed by atoms with van der Waals surface area (Å²) in [6, 6.07) is 4.26. The van der Waals surface area contributed by atoms with Crippen molar-refractivity contribution >= 4 is 5.57 Å². The molecule has 0 aromatic carbocycles. The first-order valence-electron chi connectivity index (χ1n) is 6.19. The Labute approximate surface area is 99.6 Å². The molecule has 0 spiro atoms. The topological polar surface area (TPSA) is 12.9 Å². The molecule has 0 radical (unpaired) electrons. The monoisotopic (exact) mass is 217 g/mol. The van der Waals surface area contributed by atoms with Crippen molar-refractivity contribution in [3.05, 3.63) is 35.7 Å². The largest absolute Gasteiger partial charge is 0.256 e. The van der Waals surface area contributed by atoms with E-state index in [9.17, 15) is 0 Å². The van der Waals surface area contributed by atoms with Gasteiger partial charge in [0.25, 0.3) is 0 Å². The summed E-state index contributed by atoms with van der Waals surface area (Å²) in [6.45, 7) is 11.0. The van der Waals surface area contributed by atoms with Gasteiger partial charge < -0.3 is 0 Å². The minimum Gasteiger partial charge on any atom is -0.256 e. The van der Waals surface area contributed by atoms with Crippen molar-refractivity contribution in [3.8, 4) is 0 Å². The first kappa shape index (κ1) is 13.0. The van der Waals surface area contributed by atoms with Crippen molar-refractivity contribution in [2.75, 3.05) is 0 Å². The standard InChI is InChI=1S/C15H23N/c1-6-12(4)13(5)14(7-2)15-9-8-11(3)10-16-15/h7-10,12-13H,6H2,1-5H3/b14-7+/t12-,13?/m1/s1. The third kappa shape index (κ3) is 2.94. The molecule has 0 saturated carbocycles. The van der Waals surface area contributed by atoms with Crippen molar-refractivity contribution in [3.63, 3.8) is 0 Å². The Bertz CT molecular complexity index is 348. The second-order valence-electron chi connectivity index (χ2n) is 4.64. The predicted octanol–water partition coefficient (Wildman–Crippen LogP) is 4.48. The Morgan fingerprint density at radius 2 is 2.06 bits per heavy atom. The molecule has 0 aliphatic rings. The summed E-state index contributed by atoms with van der Waals surface area (Å²) in [6.07, 6.45) is 5.36. The molecule has 0 N–H and O–H groups in total. The Hall–Kier alpha value is -1.11. The van der Waals surface area contributed by atoms with Gasteiger partial charge in [0, 0.05) is 6.20 Å². The van der Waals surface area contributed by atoms with Crippen LogP contribution in [0.3, 0.4) is 0 Å². The second kappa shape index (κ2) is 5.83. The lowest BCUT2D eigenvalue weighted by Gasteiger charge is -2.21. The molecular formula is C15H23N. The normalized spacial score (nSPS) is 15.9. The molecule has 0 fully saturated rings. The summed E-state index contributed by atoms with van der Waals surface area (Å²) < 4.78 is 0. The molecule has 0 bridgehead atoms. The Balaban J connectivity index is 2.95. The number of aryl methyl sites for hydroxylation is 1. The van der Waals surface area contributed by atoms with Crippen LogP contribution in [0, 0.1) is 18.8 Å². The number of nitrogens with zero attached hydrogens (tertiary/aromatic N) is 1. The number of rotatable bonds is 4. The van der Waals surface area contributed by atoms with Gasteiger partial charge in [-0.15, -0.1) is 0 Å². The lowest BCUT2D eigenvalue weighted by Crippen LogP contribution is -2.10. The molecule has 1 aromatic heterocycles. The van der Waals surface area contributed by atoms with Crippen molar-refractivity contribution in [2.45, 2.75) is 41.0 Å². The number of hydrogen-bond acceptors (Lipinski definition) is 1. The van der Waals surface area contributed by atoms with E-state index in [0.717, 1.165) is 5.69 Å². The van der Waals surface area contributed by atoms with E-state index in [-0.39, 0.29) is 0 Å². The van der Waals surface area contributed by atoms with E-state index in [4.69, 9.17) is 0 Å². The van der Waals surface area contributed by atoms with Crippen LogP contribution in [0.25, 0.3) is 5.57 Å². The first-order chi connectivity index (χ1) is 7.60. The van der Waals surface area contributed by atoms with Crippen LogP contribution in [0.2, 0.25) is 0 Å². The summed E-state index contributed by atoms with van der Waals surface area (Å²) >= 11 is 0. The summed E-state index contributed by atoms with van der Waals surface area (Å²) in [7, 11) is 0. The van der Waals surface area contributed by atoms with Crippen molar-refractivity contribution in [2.24, 2.45) is 11.8 Å². The van der Waals surface area contributed by atoms with Gasteiger partial charge in [-0.3, -0.25) is 4.98 Å². The SMILES string of the molecule is C/C=C(/c1ccc(C)cn1)C(C)[C@H](C)CC. The van der Waals surface area contributed by atoms with Gasteiger partial charge in [0.1, 0.15) is 0 Å². The van der Waals surface area contributed by atoms with Gasteiger partial charge in [-0.05, 0) is 42.9 Å². The summed E-state index contributed by atoms with van der Waals surface area (Å²) in [4.78, 5) is 4.52. The number of pyridine rings is 1. The quantitative estimate of drug-likeness (QED) is 0.725. The molecule has 88 valence electrons. The van der Waals surface area contributed by atoms with Crippen molar-refractivity contribution in [1.29, 1.82) is 0 Å². The summed E-state index contributed by atoms with van der Waals surface area (Å²) in [5.41, 5.74) is 3.71. The molecular weight excluding hydrogens is 194 g/mol. The van der Waals surface area contributed by atoms with E-state index in [1.54, 1.807) is 0 Å². The second-order valence-corrected chi connectivity index (χ2v) is 4.64. The fourth-order valence-electron chi connectivity index (χ4n) is 1.94. The summed E-state index contributed by atoms with van der Waals surface area (Å²) in [5, 5.41) is 0. The molecule has 0 saturated heterocycles. The smallest absolute Gasteiger partial charge is 0.0661 e. The Morgan fingerprint density at radius 1 is 1.38 bits per heavy atom. The maximum absolute atomic E-state index is 4.52. The highest BCUT2D eigenvalue weighted by atomic mass is 14.7. The van der Waals surface area contributed by atoms with Gasteiger partial charge in [-0.2, -0.15) is 0 Å². The summed E-state index contributed by atoms with van der Waals surface area (Å²) in [5.74, 6) is 1.28. The zero-order valence-electron chi connectivity index (χ0n) is 11.1. The third-order valence-electron chi connectivity index (χ3n) is 3.51. The number of aromatic nitrogens is 1. The molecule has 0 amide bonds. The van der Waals surface area contributed by atoms with Gasteiger partial charge in [0.05, 0.1) is 5.69 Å². The predicted molar refractivity (Wildman–Crippen MR) is 71.2 cm³/mol. The molecule has 1 heteroatoms. The van der Waals surface area contributed by atoms with Gasteiger partial charge in [0.15, 0.2) is 0 Å². The minimum atomic E-state index is 0.574. The van der Waals surface area contributed by atoms with Crippen LogP contribution in [-0.4, -0.2) is 4.98 Å². The zero-order chi connectivity index (χ0) is 12.1. The Morgan fingerprint density at radius 3 is 2.50 bits per heavy atom. The molecule has 1 rings (SSSR count). The maximum atomic E-state index is 4.52. The minimum absolute atomic E-state index is 0.574. The van der Waals surface area contributed by atoms with Crippen LogP contribution in [0.1, 0.15) is 45.4 Å². The maximum Gasteiger partial charge on any atom is 0.0661 e. The van der Waals surface area contributed by atoms with E-state index in [2.05, 4.69) is 57.8 Å². The molecule has 1 nitrogen and oxygen atoms in total. The average Bonchev–Trinajstić information content (AvgIpc) is 2.31. The molecule has 1 aromatic rings. The Kier molecular flexibility index (Phi) is 4.72. The fourth-order valence-corrected chi connectivity index (χ4v) is 1.94. The molecule has 1 heterocycles. The molecule has 1 unspecified atom stereocenters. The molecule has 2 atom stereocenters. The lowest BCUT2D eigenvalue weighted by atomic mass is 9.85. The highest BCUT2D eigenvalue weighted by Gasteiger charge is 2.16. The van der Waals surface area contributed by atoms with Crippen LogP contribution < -0.4 is 0 Å². The van der Waals surface area contributed by atoms with E-state index < -0.39 is 0 Å². The molecule has 0 aliphatic heterocycles. The van der Waals surface area contributed by atoms with E-state index in [0.29, 0.717) is 11.8 Å². The molecule has 16 heavy (non-hydrogen) atoms. The highest BCUT2D eigenvalue weighted by molar-refractivity contribution is 5.64. The van der Waals surface area contributed by atoms with Crippen LogP contribution >= 0.6 is 0 Å². The van der Waals surface area contributed by atoms with Crippen molar-refractivity contribution in [1.82, 2.24) is 4.98 Å². The van der Waals surface area contributed by atoms with Gasteiger partial charge >= 0.3 is 0 Å². The lowest BCUT2D eigenvalue weighted by molar-refractivity contribution is 0.456. The average molecular weight is 217 g/mol. The van der Waals surface area contributed by atoms with E-state index in [1.165, 1.54) is 17.6 Å². The fraction of sp³-hybridized carbons (Fsp3) is 0.533. The molecule has 0 aliphatic carbocycles. The van der Waals surface area contributed by atoms with Gasteiger partial charge in [-0.1, -0.05) is 39.3 Å². The number of allylic oxidation sites excluding steroid dienone is 2. The van der Waals surface area contributed by atoms with Gasteiger partial charge in [-0.25, -0.2) is 0 Å². The highest BCUT2D eigenvalue weighted by Crippen LogP contribution is 2.29. The van der Waals surface area contributed by atoms with Crippen molar-refractivity contribution < 1.29 is 0 Å². The van der Waals surface area contributed by atoms with E-state index in [1.807, 2.05) is 6.20 Å². The van der Waals surface area contributed by atoms with Crippen LogP contribution in [0.4, 0.5) is 0 Å². The zero-order valence-corrected chi connectivity index (χ0v) is 11.1. The van der Waals surface area contributed by atoms with Crippen LogP contribution in [-0.2, 0) is 0 Å². The first-order valence-corrected chi connectivity index (χ1v) is 6.19. The van der Waals surface area contributed by atoms with Crippen LogP contribution in [0.5, 0.6) is 0 Å². The van der Waals surface area contributed by atoms with Gasteiger partial charge in [0.2, 0.25) is 0 Å². The third-order valence-corrected chi connectivity index (χ3v) is 3.51. The van der Waals surface area contributed by atoms with Crippen LogP contribution in [0.15, 0.2) is 24.4 Å². The number of hydrogen-bond donors (Lipinski definition) is 0. The van der Waals surface area contributed by atoms with E-state index >= 15 is 0 Å².